The Bertz CT molecular complexity index is 818. The molecule has 2 N–H and O–H groups in total. The van der Waals surface area contributed by atoms with Gasteiger partial charge in [-0.05, 0) is 29.1 Å². The van der Waals surface area contributed by atoms with E-state index < -0.39 is 7.12 Å². The molecule has 0 bridgehead atoms. The molecule has 1 heterocycles. The molecule has 7 heteroatoms. The van der Waals surface area contributed by atoms with Crippen molar-refractivity contribution in [3.8, 4) is 5.75 Å². The third-order valence-corrected chi connectivity index (χ3v) is 4.18. The Hall–Kier alpha value is -2.22. The first kappa shape index (κ1) is 14.7. The summed E-state index contributed by atoms with van der Waals surface area (Å²) in [6.07, 6.45) is 0.559. The van der Waals surface area contributed by atoms with Gasteiger partial charge in [0, 0.05) is 5.39 Å². The Morgan fingerprint density at radius 1 is 1.18 bits per heavy atom. The van der Waals surface area contributed by atoms with E-state index in [9.17, 15) is 14.8 Å². The maximum atomic E-state index is 11.2. The van der Waals surface area contributed by atoms with E-state index in [0.29, 0.717) is 12.0 Å². The Balaban J connectivity index is 1.88. The topological polar surface area (TPSA) is 79.7 Å². The van der Waals surface area contributed by atoms with Crippen molar-refractivity contribution in [3.05, 3.63) is 53.7 Å². The van der Waals surface area contributed by atoms with Crippen LogP contribution in [-0.2, 0) is 6.61 Å². The number of rotatable bonds is 5. The standard InChI is InChI=1S/C15H12BNO4S/c18-8-11-12(16(19)20)5-3-6-14(11)21-9-13-10-4-1-2-7-15(10)22-17-13/h1-8,19-20H,9H2. The zero-order valence-corrected chi connectivity index (χ0v) is 12.3. The van der Waals surface area contributed by atoms with Crippen molar-refractivity contribution in [2.45, 2.75) is 6.61 Å². The van der Waals surface area contributed by atoms with E-state index in [2.05, 4.69) is 4.37 Å². The summed E-state index contributed by atoms with van der Waals surface area (Å²) in [5.74, 6) is 0.303. The number of benzene rings is 2. The van der Waals surface area contributed by atoms with Gasteiger partial charge in [0.05, 0.1) is 16.0 Å². The van der Waals surface area contributed by atoms with Crippen molar-refractivity contribution in [2.24, 2.45) is 0 Å². The van der Waals surface area contributed by atoms with Crippen LogP contribution in [0.4, 0.5) is 0 Å². The molecular formula is C15H12BNO4S. The molecule has 0 radical (unpaired) electrons. The van der Waals surface area contributed by atoms with Gasteiger partial charge in [-0.25, -0.2) is 0 Å². The minimum atomic E-state index is -1.72. The highest BCUT2D eigenvalue weighted by atomic mass is 32.1. The van der Waals surface area contributed by atoms with Gasteiger partial charge in [0.2, 0.25) is 0 Å². The first-order valence-corrected chi connectivity index (χ1v) is 7.38. The minimum Gasteiger partial charge on any atom is -0.487 e. The van der Waals surface area contributed by atoms with Gasteiger partial charge in [-0.2, -0.15) is 4.37 Å². The lowest BCUT2D eigenvalue weighted by molar-refractivity contribution is 0.111. The molecule has 0 spiro atoms. The monoisotopic (exact) mass is 313 g/mol. The quantitative estimate of drug-likeness (QED) is 0.549. The summed E-state index contributed by atoms with van der Waals surface area (Å²) in [6.45, 7) is 0.204. The number of carbonyl (C=O) groups excluding carboxylic acids is 1. The summed E-state index contributed by atoms with van der Waals surface area (Å²) in [5.41, 5.74) is 1.04. The second kappa shape index (κ2) is 6.27. The van der Waals surface area contributed by atoms with Crippen LogP contribution in [0.15, 0.2) is 42.5 Å². The van der Waals surface area contributed by atoms with E-state index in [-0.39, 0.29) is 17.6 Å². The van der Waals surface area contributed by atoms with Crippen molar-refractivity contribution >= 4 is 40.5 Å². The predicted molar refractivity (Wildman–Crippen MR) is 85.6 cm³/mol. The minimum absolute atomic E-state index is 0.121. The van der Waals surface area contributed by atoms with Crippen LogP contribution >= 0.6 is 11.5 Å². The maximum Gasteiger partial charge on any atom is 0.489 e. The van der Waals surface area contributed by atoms with Crippen molar-refractivity contribution in [1.29, 1.82) is 0 Å². The highest BCUT2D eigenvalue weighted by molar-refractivity contribution is 7.13. The molecule has 0 fully saturated rings. The number of ether oxygens (including phenoxy) is 1. The van der Waals surface area contributed by atoms with Crippen LogP contribution in [0, 0.1) is 0 Å². The summed E-state index contributed by atoms with van der Waals surface area (Å²) in [6, 6.07) is 12.5. The van der Waals surface area contributed by atoms with Gasteiger partial charge in [0.1, 0.15) is 12.4 Å². The maximum absolute atomic E-state index is 11.2. The number of hydrogen-bond acceptors (Lipinski definition) is 6. The van der Waals surface area contributed by atoms with E-state index in [0.717, 1.165) is 15.8 Å². The van der Waals surface area contributed by atoms with Crippen LogP contribution in [0.25, 0.3) is 10.1 Å². The van der Waals surface area contributed by atoms with Crippen molar-refractivity contribution in [3.63, 3.8) is 0 Å². The van der Waals surface area contributed by atoms with Crippen molar-refractivity contribution in [1.82, 2.24) is 4.37 Å². The van der Waals surface area contributed by atoms with Crippen LogP contribution in [0.2, 0.25) is 0 Å². The second-order valence-corrected chi connectivity index (χ2v) is 5.47. The zero-order valence-electron chi connectivity index (χ0n) is 11.5. The number of fused-ring (bicyclic) bond motifs is 1. The number of hydrogen-bond donors (Lipinski definition) is 2. The summed E-state index contributed by atoms with van der Waals surface area (Å²) in [5, 5.41) is 19.6. The van der Waals surface area contributed by atoms with E-state index in [1.54, 1.807) is 12.1 Å². The Morgan fingerprint density at radius 2 is 2.00 bits per heavy atom. The average molecular weight is 313 g/mol. The highest BCUT2D eigenvalue weighted by Gasteiger charge is 2.19. The SMILES string of the molecule is O=Cc1c(OCc2nsc3ccccc23)cccc1B(O)O. The van der Waals surface area contributed by atoms with Gasteiger partial charge < -0.3 is 14.8 Å². The molecule has 2 aromatic carbocycles. The number of aldehydes is 1. The lowest BCUT2D eigenvalue weighted by Gasteiger charge is -2.10. The zero-order chi connectivity index (χ0) is 15.5. The Kier molecular flexibility index (Phi) is 4.19. The van der Waals surface area contributed by atoms with Crippen LogP contribution in [-0.4, -0.2) is 27.8 Å². The van der Waals surface area contributed by atoms with Gasteiger partial charge in [-0.15, -0.1) is 0 Å². The van der Waals surface area contributed by atoms with E-state index >= 15 is 0 Å². The molecule has 0 atom stereocenters. The van der Waals surface area contributed by atoms with E-state index in [1.165, 1.54) is 17.6 Å². The summed E-state index contributed by atoms with van der Waals surface area (Å²) in [7, 11) is -1.72. The molecule has 0 unspecified atom stereocenters. The lowest BCUT2D eigenvalue weighted by atomic mass is 9.77. The van der Waals surface area contributed by atoms with Gasteiger partial charge in [0.25, 0.3) is 0 Å². The average Bonchev–Trinajstić information content (AvgIpc) is 2.95. The molecule has 5 nitrogen and oxygen atoms in total. The number of carbonyl (C=O) groups is 1. The number of nitrogens with zero attached hydrogens (tertiary/aromatic N) is 1. The molecule has 0 saturated carbocycles. The fourth-order valence-electron chi connectivity index (χ4n) is 2.23. The van der Waals surface area contributed by atoms with Crippen LogP contribution in [0.5, 0.6) is 5.75 Å². The summed E-state index contributed by atoms with van der Waals surface area (Å²) >= 11 is 1.39. The molecular weight excluding hydrogens is 301 g/mol. The van der Waals surface area contributed by atoms with Gasteiger partial charge in [0.15, 0.2) is 6.29 Å². The highest BCUT2D eigenvalue weighted by Crippen LogP contribution is 2.24. The molecule has 0 aliphatic carbocycles. The molecule has 3 aromatic rings. The third kappa shape index (κ3) is 2.74. The fraction of sp³-hybridized carbons (Fsp3) is 0.0667. The molecule has 0 amide bonds. The first-order valence-electron chi connectivity index (χ1n) is 6.61. The van der Waals surface area contributed by atoms with Crippen molar-refractivity contribution in [2.75, 3.05) is 0 Å². The van der Waals surface area contributed by atoms with Gasteiger partial charge >= 0.3 is 7.12 Å². The summed E-state index contributed by atoms with van der Waals surface area (Å²) < 4.78 is 11.1. The first-order chi connectivity index (χ1) is 10.7. The molecule has 0 aliphatic rings. The molecule has 3 rings (SSSR count). The normalized spacial score (nSPS) is 10.6. The number of aromatic nitrogens is 1. The smallest absolute Gasteiger partial charge is 0.487 e. The Morgan fingerprint density at radius 3 is 2.77 bits per heavy atom. The van der Waals surface area contributed by atoms with Crippen LogP contribution in [0.3, 0.4) is 0 Å². The predicted octanol–water partition coefficient (Wildman–Crippen LogP) is 1.37. The van der Waals surface area contributed by atoms with Crippen molar-refractivity contribution < 1.29 is 19.6 Å². The fourth-order valence-corrected chi connectivity index (χ4v) is 3.01. The van der Waals surface area contributed by atoms with Crippen LogP contribution in [0.1, 0.15) is 16.1 Å². The van der Waals surface area contributed by atoms with E-state index in [1.807, 2.05) is 24.3 Å². The molecule has 0 aliphatic heterocycles. The van der Waals surface area contributed by atoms with E-state index in [4.69, 9.17) is 4.74 Å². The molecule has 110 valence electrons. The largest absolute Gasteiger partial charge is 0.489 e. The second-order valence-electron chi connectivity index (χ2n) is 4.66. The molecule has 22 heavy (non-hydrogen) atoms. The van der Waals surface area contributed by atoms with Crippen LogP contribution < -0.4 is 10.2 Å². The molecule has 0 saturated heterocycles. The molecule has 1 aromatic heterocycles. The lowest BCUT2D eigenvalue weighted by Crippen LogP contribution is -2.33. The Labute approximate surface area is 131 Å². The summed E-state index contributed by atoms with van der Waals surface area (Å²) in [4.78, 5) is 11.2. The third-order valence-electron chi connectivity index (χ3n) is 3.31. The van der Waals surface area contributed by atoms with Gasteiger partial charge in [-0.1, -0.05) is 30.3 Å². The van der Waals surface area contributed by atoms with Gasteiger partial charge in [-0.3, -0.25) is 4.79 Å².